The van der Waals surface area contributed by atoms with Gasteiger partial charge in [-0.3, -0.25) is 4.79 Å². The summed E-state index contributed by atoms with van der Waals surface area (Å²) in [5.41, 5.74) is -0.303. The van der Waals surface area contributed by atoms with Crippen molar-refractivity contribution >= 4 is 33.6 Å². The molecule has 1 N–H and O–H groups in total. The molecule has 0 aliphatic heterocycles. The fourth-order valence-electron chi connectivity index (χ4n) is 3.19. The number of aromatic nitrogens is 1. The lowest BCUT2D eigenvalue weighted by molar-refractivity contribution is 0.0338. The van der Waals surface area contributed by atoms with Gasteiger partial charge in [-0.2, -0.15) is 4.39 Å². The highest BCUT2D eigenvalue weighted by Gasteiger charge is 2.35. The van der Waals surface area contributed by atoms with Crippen molar-refractivity contribution in [3.8, 4) is 11.1 Å². The van der Waals surface area contributed by atoms with Crippen LogP contribution in [0.1, 0.15) is 42.1 Å². The van der Waals surface area contributed by atoms with E-state index in [-0.39, 0.29) is 25.8 Å². The van der Waals surface area contributed by atoms with Crippen LogP contribution < -0.4 is 5.32 Å². The zero-order valence-corrected chi connectivity index (χ0v) is 20.1. The van der Waals surface area contributed by atoms with E-state index in [0.29, 0.717) is 11.2 Å². The Morgan fingerprint density at radius 2 is 1.91 bits per heavy atom. The van der Waals surface area contributed by atoms with Gasteiger partial charge in [-0.25, -0.2) is 18.2 Å². The lowest BCUT2D eigenvalue weighted by Gasteiger charge is -2.29. The standard InChI is InChI=1S/C23H23FN2O5S2/c1-23(2,3)19(31-22(28)25-4)18-12-17(16-9-6-10-26-20(16)24)21(32-18)33(29,30)15-8-5-7-14(11-15)13-27/h5-13,19H,1-4H3,(H,25,28). The van der Waals surface area contributed by atoms with Gasteiger partial charge < -0.3 is 10.1 Å². The number of aldehydes is 1. The third-order valence-electron chi connectivity index (χ3n) is 4.79. The highest BCUT2D eigenvalue weighted by atomic mass is 32.2. The number of sulfone groups is 1. The van der Waals surface area contributed by atoms with Crippen molar-refractivity contribution in [3.63, 3.8) is 0 Å². The summed E-state index contributed by atoms with van der Waals surface area (Å²) in [6.45, 7) is 5.52. The van der Waals surface area contributed by atoms with Crippen LogP contribution in [-0.4, -0.2) is 32.8 Å². The molecule has 33 heavy (non-hydrogen) atoms. The number of alkyl carbamates (subject to hydrolysis) is 1. The number of pyridine rings is 1. The number of carbonyl (C=O) groups is 2. The number of carbonyl (C=O) groups excluding carboxylic acids is 2. The molecule has 1 atom stereocenters. The molecule has 0 bridgehead atoms. The molecule has 0 saturated heterocycles. The number of hydrogen-bond acceptors (Lipinski definition) is 7. The Labute approximate surface area is 195 Å². The summed E-state index contributed by atoms with van der Waals surface area (Å²) < 4.78 is 47.2. The molecule has 0 aliphatic rings. The monoisotopic (exact) mass is 490 g/mol. The van der Waals surface area contributed by atoms with E-state index in [1.165, 1.54) is 55.7 Å². The predicted octanol–water partition coefficient (Wildman–Crippen LogP) is 5.04. The van der Waals surface area contributed by atoms with Crippen LogP contribution in [0.3, 0.4) is 0 Å². The number of thiophene rings is 1. The summed E-state index contributed by atoms with van der Waals surface area (Å²) >= 11 is 0.890. The molecule has 1 aromatic carbocycles. The first-order chi connectivity index (χ1) is 15.5. The molecule has 0 aliphatic carbocycles. The molecule has 7 nitrogen and oxygen atoms in total. The van der Waals surface area contributed by atoms with Crippen molar-refractivity contribution in [1.82, 2.24) is 10.3 Å². The Bertz CT molecular complexity index is 1300. The van der Waals surface area contributed by atoms with Gasteiger partial charge in [-0.15, -0.1) is 11.3 Å². The van der Waals surface area contributed by atoms with Crippen LogP contribution in [-0.2, 0) is 14.6 Å². The lowest BCUT2D eigenvalue weighted by Crippen LogP contribution is -2.28. The van der Waals surface area contributed by atoms with Crippen molar-refractivity contribution in [2.75, 3.05) is 7.05 Å². The summed E-state index contributed by atoms with van der Waals surface area (Å²) in [6, 6.07) is 10.0. The Hall–Kier alpha value is -3.11. The minimum Gasteiger partial charge on any atom is -0.440 e. The van der Waals surface area contributed by atoms with Crippen LogP contribution in [0.4, 0.5) is 9.18 Å². The molecular weight excluding hydrogens is 467 g/mol. The first-order valence-corrected chi connectivity index (χ1v) is 12.2. The molecule has 3 rings (SSSR count). The zero-order valence-electron chi connectivity index (χ0n) is 18.5. The van der Waals surface area contributed by atoms with E-state index >= 15 is 0 Å². The van der Waals surface area contributed by atoms with E-state index in [1.54, 1.807) is 0 Å². The van der Waals surface area contributed by atoms with Crippen molar-refractivity contribution < 1.29 is 27.1 Å². The number of ether oxygens (including phenoxy) is 1. The maximum absolute atomic E-state index is 14.6. The van der Waals surface area contributed by atoms with Gasteiger partial charge in [0.05, 0.1) is 4.90 Å². The summed E-state index contributed by atoms with van der Waals surface area (Å²) in [6.07, 6.45) is 0.320. The highest BCUT2D eigenvalue weighted by molar-refractivity contribution is 7.93. The Balaban J connectivity index is 2.28. The molecular formula is C23H23FN2O5S2. The summed E-state index contributed by atoms with van der Waals surface area (Å²) in [5, 5.41) is 2.39. The van der Waals surface area contributed by atoms with Crippen LogP contribution in [0.25, 0.3) is 11.1 Å². The second-order valence-electron chi connectivity index (χ2n) is 8.29. The predicted molar refractivity (Wildman–Crippen MR) is 123 cm³/mol. The Morgan fingerprint density at radius 1 is 1.18 bits per heavy atom. The number of nitrogens with one attached hydrogen (secondary N) is 1. The molecule has 1 amide bonds. The van der Waals surface area contributed by atoms with Gasteiger partial charge in [-0.05, 0) is 30.3 Å². The molecule has 3 aromatic rings. The number of benzene rings is 1. The van der Waals surface area contributed by atoms with Crippen molar-refractivity contribution in [2.45, 2.75) is 36.0 Å². The maximum Gasteiger partial charge on any atom is 0.407 e. The largest absolute Gasteiger partial charge is 0.440 e. The SMILES string of the molecule is CNC(=O)OC(c1cc(-c2cccnc2F)c(S(=O)(=O)c2cccc(C=O)c2)s1)C(C)(C)C. The molecule has 174 valence electrons. The smallest absolute Gasteiger partial charge is 0.407 e. The van der Waals surface area contributed by atoms with Crippen LogP contribution in [0, 0.1) is 11.4 Å². The average molecular weight is 491 g/mol. The van der Waals surface area contributed by atoms with Gasteiger partial charge in [-0.1, -0.05) is 32.9 Å². The minimum atomic E-state index is -4.15. The normalized spacial score (nSPS) is 12.8. The Kier molecular flexibility index (Phi) is 6.99. The van der Waals surface area contributed by atoms with Crippen LogP contribution in [0.5, 0.6) is 0 Å². The number of hydrogen-bond donors (Lipinski definition) is 1. The summed E-state index contributed by atoms with van der Waals surface area (Å²) in [5.74, 6) is -0.834. The van der Waals surface area contributed by atoms with E-state index in [1.807, 2.05) is 20.8 Å². The summed E-state index contributed by atoms with van der Waals surface area (Å²) in [7, 11) is -2.73. The van der Waals surface area contributed by atoms with Crippen molar-refractivity contribution in [1.29, 1.82) is 0 Å². The number of rotatable bonds is 6. The average Bonchev–Trinajstić information content (AvgIpc) is 3.22. The quantitative estimate of drug-likeness (QED) is 0.384. The van der Waals surface area contributed by atoms with Crippen LogP contribution >= 0.6 is 11.3 Å². The Morgan fingerprint density at radius 3 is 2.52 bits per heavy atom. The molecule has 1 unspecified atom stereocenters. The zero-order chi connectivity index (χ0) is 24.4. The number of amides is 1. The minimum absolute atomic E-state index is 0.00211. The second-order valence-corrected chi connectivity index (χ2v) is 11.5. The fraction of sp³-hybridized carbons (Fsp3) is 0.261. The molecule has 0 spiro atoms. The maximum atomic E-state index is 14.6. The van der Waals surface area contributed by atoms with E-state index in [9.17, 15) is 22.4 Å². The molecule has 10 heteroatoms. The van der Waals surface area contributed by atoms with E-state index < -0.39 is 33.4 Å². The molecule has 2 aromatic heterocycles. The second kappa shape index (κ2) is 9.40. The molecule has 0 fully saturated rings. The van der Waals surface area contributed by atoms with E-state index in [2.05, 4.69) is 10.3 Å². The van der Waals surface area contributed by atoms with Crippen LogP contribution in [0.15, 0.2) is 57.8 Å². The van der Waals surface area contributed by atoms with Gasteiger partial charge in [0.2, 0.25) is 15.8 Å². The third kappa shape index (κ3) is 5.12. The van der Waals surface area contributed by atoms with E-state index in [4.69, 9.17) is 4.74 Å². The van der Waals surface area contributed by atoms with Crippen LogP contribution in [0.2, 0.25) is 0 Å². The van der Waals surface area contributed by atoms with Gasteiger partial charge in [0.25, 0.3) is 0 Å². The fourth-order valence-corrected chi connectivity index (χ4v) is 6.60. The van der Waals surface area contributed by atoms with Gasteiger partial charge in [0, 0.05) is 40.2 Å². The topological polar surface area (TPSA) is 102 Å². The van der Waals surface area contributed by atoms with Gasteiger partial charge in [0.1, 0.15) is 16.6 Å². The molecule has 0 saturated carbocycles. The first-order valence-electron chi connectivity index (χ1n) is 9.92. The third-order valence-corrected chi connectivity index (χ3v) is 8.25. The van der Waals surface area contributed by atoms with Crippen molar-refractivity contribution in [3.05, 3.63) is 65.0 Å². The lowest BCUT2D eigenvalue weighted by atomic mass is 9.87. The molecule has 0 radical (unpaired) electrons. The number of nitrogens with zero attached hydrogens (tertiary/aromatic N) is 1. The highest BCUT2D eigenvalue weighted by Crippen LogP contribution is 2.46. The van der Waals surface area contributed by atoms with Crippen molar-refractivity contribution in [2.24, 2.45) is 5.41 Å². The van der Waals surface area contributed by atoms with Gasteiger partial charge in [0.15, 0.2) is 0 Å². The number of halogens is 1. The summed E-state index contributed by atoms with van der Waals surface area (Å²) in [4.78, 5) is 27.1. The molecule has 2 heterocycles. The van der Waals surface area contributed by atoms with Gasteiger partial charge >= 0.3 is 6.09 Å². The van der Waals surface area contributed by atoms with E-state index in [0.717, 1.165) is 11.3 Å². The first kappa shape index (κ1) is 24.5.